The van der Waals surface area contributed by atoms with Gasteiger partial charge in [-0.2, -0.15) is 0 Å². The van der Waals surface area contributed by atoms with Crippen LogP contribution < -0.4 is 5.32 Å². The summed E-state index contributed by atoms with van der Waals surface area (Å²) in [4.78, 5) is 1.41. The van der Waals surface area contributed by atoms with Gasteiger partial charge in [0.25, 0.3) is 0 Å². The summed E-state index contributed by atoms with van der Waals surface area (Å²) in [6, 6.07) is 4.75. The van der Waals surface area contributed by atoms with Gasteiger partial charge in [0.15, 0.2) is 0 Å². The van der Waals surface area contributed by atoms with Crippen molar-refractivity contribution in [2.75, 3.05) is 6.54 Å². The van der Waals surface area contributed by atoms with Crippen molar-refractivity contribution >= 4 is 22.9 Å². The van der Waals surface area contributed by atoms with Gasteiger partial charge in [0, 0.05) is 10.9 Å². The van der Waals surface area contributed by atoms with Crippen LogP contribution in [0.1, 0.15) is 43.5 Å². The smallest absolute Gasteiger partial charge is 0.0931 e. The number of hydrogen-bond donors (Lipinski definition) is 1. The van der Waals surface area contributed by atoms with Gasteiger partial charge in [-0.25, -0.2) is 0 Å². The van der Waals surface area contributed by atoms with Crippen molar-refractivity contribution in [3.8, 4) is 0 Å². The third-order valence-electron chi connectivity index (χ3n) is 3.14. The van der Waals surface area contributed by atoms with Crippen molar-refractivity contribution in [1.82, 2.24) is 5.32 Å². The lowest BCUT2D eigenvalue weighted by atomic mass is 9.79. The van der Waals surface area contributed by atoms with Gasteiger partial charge in [0.1, 0.15) is 0 Å². The van der Waals surface area contributed by atoms with E-state index in [1.54, 1.807) is 11.3 Å². The standard InChI is InChI=1S/C12H18ClNS/c1-2-8-14-12(9-4-3-5-9)10-6-7-11(13)15-10/h6-7,9,12,14H,2-5,8H2,1H3. The van der Waals surface area contributed by atoms with Crippen LogP contribution in [0.2, 0.25) is 4.34 Å². The van der Waals surface area contributed by atoms with Gasteiger partial charge in [0.2, 0.25) is 0 Å². The van der Waals surface area contributed by atoms with E-state index in [0.29, 0.717) is 6.04 Å². The van der Waals surface area contributed by atoms with Crippen LogP contribution in [-0.4, -0.2) is 6.54 Å². The third kappa shape index (κ3) is 2.74. The Morgan fingerprint density at radius 1 is 1.53 bits per heavy atom. The lowest BCUT2D eigenvalue weighted by molar-refractivity contribution is 0.234. The van der Waals surface area contributed by atoms with Crippen LogP contribution in [0.4, 0.5) is 0 Å². The van der Waals surface area contributed by atoms with Gasteiger partial charge >= 0.3 is 0 Å². The highest BCUT2D eigenvalue weighted by atomic mass is 35.5. The summed E-state index contributed by atoms with van der Waals surface area (Å²) in [5, 5.41) is 3.65. The molecule has 1 atom stereocenters. The molecule has 0 bridgehead atoms. The predicted molar refractivity (Wildman–Crippen MR) is 67.7 cm³/mol. The van der Waals surface area contributed by atoms with E-state index in [-0.39, 0.29) is 0 Å². The van der Waals surface area contributed by atoms with E-state index < -0.39 is 0 Å². The van der Waals surface area contributed by atoms with Gasteiger partial charge in [0.05, 0.1) is 4.34 Å². The molecule has 0 saturated heterocycles. The van der Waals surface area contributed by atoms with Crippen molar-refractivity contribution in [3.05, 3.63) is 21.3 Å². The molecule has 2 rings (SSSR count). The Morgan fingerprint density at radius 2 is 2.33 bits per heavy atom. The average Bonchev–Trinajstić information content (AvgIpc) is 2.56. The molecular weight excluding hydrogens is 226 g/mol. The maximum atomic E-state index is 6.00. The molecule has 1 aliphatic carbocycles. The van der Waals surface area contributed by atoms with E-state index in [1.165, 1.54) is 30.6 Å². The molecule has 1 aromatic rings. The van der Waals surface area contributed by atoms with E-state index in [4.69, 9.17) is 11.6 Å². The first-order chi connectivity index (χ1) is 7.31. The Labute approximate surface area is 101 Å². The Hall–Kier alpha value is -0.0500. The zero-order valence-corrected chi connectivity index (χ0v) is 10.7. The molecule has 1 fully saturated rings. The van der Waals surface area contributed by atoms with Crippen LogP contribution in [0, 0.1) is 5.92 Å². The fourth-order valence-corrected chi connectivity index (χ4v) is 3.30. The minimum Gasteiger partial charge on any atom is -0.309 e. The zero-order chi connectivity index (χ0) is 10.7. The fraction of sp³-hybridized carbons (Fsp3) is 0.667. The van der Waals surface area contributed by atoms with Crippen LogP contribution in [0.15, 0.2) is 12.1 Å². The molecule has 0 aromatic carbocycles. The molecular formula is C12H18ClNS. The van der Waals surface area contributed by atoms with Crippen LogP contribution in [0.5, 0.6) is 0 Å². The summed E-state index contributed by atoms with van der Waals surface area (Å²) >= 11 is 7.72. The molecule has 1 N–H and O–H groups in total. The van der Waals surface area contributed by atoms with Gasteiger partial charge < -0.3 is 5.32 Å². The number of hydrogen-bond acceptors (Lipinski definition) is 2. The maximum absolute atomic E-state index is 6.00. The predicted octanol–water partition coefficient (Wildman–Crippen LogP) is 4.24. The SMILES string of the molecule is CCCNC(c1ccc(Cl)s1)C1CCC1. The zero-order valence-electron chi connectivity index (χ0n) is 9.13. The van der Waals surface area contributed by atoms with Crippen molar-refractivity contribution in [3.63, 3.8) is 0 Å². The van der Waals surface area contributed by atoms with Gasteiger partial charge in [-0.3, -0.25) is 0 Å². The quantitative estimate of drug-likeness (QED) is 0.816. The maximum Gasteiger partial charge on any atom is 0.0931 e. The average molecular weight is 244 g/mol. The molecule has 3 heteroatoms. The second kappa shape index (κ2) is 5.33. The van der Waals surface area contributed by atoms with Crippen LogP contribution >= 0.6 is 22.9 Å². The molecule has 0 aliphatic heterocycles. The summed E-state index contributed by atoms with van der Waals surface area (Å²) < 4.78 is 0.910. The lowest BCUT2D eigenvalue weighted by Gasteiger charge is -2.34. The first-order valence-electron chi connectivity index (χ1n) is 5.80. The minimum atomic E-state index is 0.552. The molecule has 15 heavy (non-hydrogen) atoms. The van der Waals surface area contributed by atoms with Gasteiger partial charge in [-0.15, -0.1) is 11.3 Å². The van der Waals surface area contributed by atoms with Crippen LogP contribution in [-0.2, 0) is 0 Å². The molecule has 1 aromatic heterocycles. The normalized spacial score (nSPS) is 18.8. The fourth-order valence-electron chi connectivity index (χ4n) is 2.07. The molecule has 0 amide bonds. The summed E-state index contributed by atoms with van der Waals surface area (Å²) in [7, 11) is 0. The summed E-state index contributed by atoms with van der Waals surface area (Å²) in [6.45, 7) is 3.32. The van der Waals surface area contributed by atoms with E-state index in [2.05, 4.69) is 18.3 Å². The number of halogens is 1. The Bertz CT molecular complexity index is 306. The minimum absolute atomic E-state index is 0.552. The molecule has 84 valence electrons. The molecule has 0 radical (unpaired) electrons. The molecule has 1 saturated carbocycles. The summed E-state index contributed by atoms with van der Waals surface area (Å²) in [5.74, 6) is 0.839. The van der Waals surface area contributed by atoms with Crippen molar-refractivity contribution in [2.45, 2.75) is 38.6 Å². The molecule has 1 unspecified atom stereocenters. The first kappa shape index (κ1) is 11.4. The van der Waals surface area contributed by atoms with E-state index in [9.17, 15) is 0 Å². The van der Waals surface area contributed by atoms with Crippen molar-refractivity contribution in [2.24, 2.45) is 5.92 Å². The lowest BCUT2D eigenvalue weighted by Crippen LogP contribution is -2.32. The van der Waals surface area contributed by atoms with E-state index in [1.807, 2.05) is 6.07 Å². The summed E-state index contributed by atoms with van der Waals surface area (Å²) in [5.41, 5.74) is 0. The van der Waals surface area contributed by atoms with Gasteiger partial charge in [-0.05, 0) is 43.9 Å². The van der Waals surface area contributed by atoms with Crippen molar-refractivity contribution in [1.29, 1.82) is 0 Å². The number of thiophene rings is 1. The Morgan fingerprint density at radius 3 is 2.80 bits per heavy atom. The Kier molecular flexibility index (Phi) is 4.06. The summed E-state index contributed by atoms with van der Waals surface area (Å²) in [6.07, 6.45) is 5.34. The van der Waals surface area contributed by atoms with Gasteiger partial charge in [-0.1, -0.05) is 24.9 Å². The largest absolute Gasteiger partial charge is 0.309 e. The third-order valence-corrected chi connectivity index (χ3v) is 4.45. The first-order valence-corrected chi connectivity index (χ1v) is 6.99. The molecule has 0 spiro atoms. The van der Waals surface area contributed by atoms with E-state index >= 15 is 0 Å². The Balaban J connectivity index is 2.03. The topological polar surface area (TPSA) is 12.0 Å². The monoisotopic (exact) mass is 243 g/mol. The highest BCUT2D eigenvalue weighted by molar-refractivity contribution is 7.16. The molecule has 1 nitrogen and oxygen atoms in total. The van der Waals surface area contributed by atoms with Crippen molar-refractivity contribution < 1.29 is 0 Å². The molecule has 1 heterocycles. The number of rotatable bonds is 5. The second-order valence-corrected chi connectivity index (χ2v) is 6.01. The molecule has 1 aliphatic rings. The van der Waals surface area contributed by atoms with Crippen LogP contribution in [0.25, 0.3) is 0 Å². The van der Waals surface area contributed by atoms with E-state index in [0.717, 1.165) is 16.8 Å². The highest BCUT2D eigenvalue weighted by Gasteiger charge is 2.28. The number of nitrogens with one attached hydrogen (secondary N) is 1. The second-order valence-electron chi connectivity index (χ2n) is 4.26. The highest BCUT2D eigenvalue weighted by Crippen LogP contribution is 2.40. The van der Waals surface area contributed by atoms with Crippen LogP contribution in [0.3, 0.4) is 0 Å².